The van der Waals surface area contributed by atoms with Crippen molar-refractivity contribution < 1.29 is 4.79 Å². The first kappa shape index (κ1) is 13.4. The molecule has 1 aromatic rings. The zero-order valence-corrected chi connectivity index (χ0v) is 12.1. The van der Waals surface area contributed by atoms with E-state index in [-0.39, 0.29) is 6.03 Å². The lowest BCUT2D eigenvalue weighted by Gasteiger charge is -2.30. The Hall–Kier alpha value is -1.55. The highest BCUT2D eigenvalue weighted by Crippen LogP contribution is 2.18. The van der Waals surface area contributed by atoms with Crippen LogP contribution in [0.25, 0.3) is 0 Å². The molecule has 0 bridgehead atoms. The first-order chi connectivity index (χ1) is 9.72. The van der Waals surface area contributed by atoms with Gasteiger partial charge in [0.25, 0.3) is 0 Å². The maximum atomic E-state index is 12.1. The van der Waals surface area contributed by atoms with Gasteiger partial charge in [0.05, 0.1) is 0 Å². The van der Waals surface area contributed by atoms with Crippen LogP contribution >= 0.6 is 0 Å². The van der Waals surface area contributed by atoms with Crippen LogP contribution in [0.5, 0.6) is 0 Å². The van der Waals surface area contributed by atoms with E-state index in [0.29, 0.717) is 6.54 Å². The molecule has 1 fully saturated rings. The van der Waals surface area contributed by atoms with E-state index in [1.807, 2.05) is 4.90 Å². The van der Waals surface area contributed by atoms with Gasteiger partial charge in [0.2, 0.25) is 0 Å². The SMILES string of the molecule is CC1CCN(C(=O)NCc2ccc3c(c2)CNC3)CC1. The second-order valence-electron chi connectivity index (χ2n) is 6.03. The number of amides is 2. The van der Waals surface area contributed by atoms with Crippen molar-refractivity contribution in [2.45, 2.75) is 39.4 Å². The molecule has 20 heavy (non-hydrogen) atoms. The molecule has 2 amide bonds. The number of hydrogen-bond donors (Lipinski definition) is 2. The quantitative estimate of drug-likeness (QED) is 0.868. The summed E-state index contributed by atoms with van der Waals surface area (Å²) >= 11 is 0. The molecule has 0 unspecified atom stereocenters. The molecule has 0 atom stereocenters. The Morgan fingerprint density at radius 3 is 2.85 bits per heavy atom. The Bertz CT molecular complexity index is 492. The minimum absolute atomic E-state index is 0.0792. The molecular weight excluding hydrogens is 250 g/mol. The van der Waals surface area contributed by atoms with Gasteiger partial charge in [-0.15, -0.1) is 0 Å². The van der Waals surface area contributed by atoms with Gasteiger partial charge >= 0.3 is 6.03 Å². The van der Waals surface area contributed by atoms with Gasteiger partial charge < -0.3 is 15.5 Å². The van der Waals surface area contributed by atoms with Gasteiger partial charge in [-0.25, -0.2) is 4.79 Å². The third kappa shape index (κ3) is 2.96. The highest BCUT2D eigenvalue weighted by atomic mass is 16.2. The number of hydrogen-bond acceptors (Lipinski definition) is 2. The summed E-state index contributed by atoms with van der Waals surface area (Å²) in [6.45, 7) is 6.57. The highest BCUT2D eigenvalue weighted by Gasteiger charge is 2.20. The molecule has 2 N–H and O–H groups in total. The number of likely N-dealkylation sites (tertiary alicyclic amines) is 1. The fourth-order valence-corrected chi connectivity index (χ4v) is 2.96. The molecule has 2 aliphatic heterocycles. The van der Waals surface area contributed by atoms with Gasteiger partial charge in [-0.2, -0.15) is 0 Å². The number of carbonyl (C=O) groups is 1. The molecule has 0 spiro atoms. The average molecular weight is 273 g/mol. The Morgan fingerprint density at radius 2 is 2.05 bits per heavy atom. The number of rotatable bonds is 2. The van der Waals surface area contributed by atoms with Crippen molar-refractivity contribution in [1.29, 1.82) is 0 Å². The number of urea groups is 1. The van der Waals surface area contributed by atoms with Crippen molar-refractivity contribution in [1.82, 2.24) is 15.5 Å². The lowest BCUT2D eigenvalue weighted by molar-refractivity contribution is 0.173. The van der Waals surface area contributed by atoms with Gasteiger partial charge in [0.1, 0.15) is 0 Å². The molecule has 0 saturated carbocycles. The van der Waals surface area contributed by atoms with E-state index < -0.39 is 0 Å². The van der Waals surface area contributed by atoms with E-state index in [2.05, 4.69) is 35.8 Å². The summed E-state index contributed by atoms with van der Waals surface area (Å²) in [5, 5.41) is 6.38. The monoisotopic (exact) mass is 273 g/mol. The highest BCUT2D eigenvalue weighted by molar-refractivity contribution is 5.74. The summed E-state index contributed by atoms with van der Waals surface area (Å²) in [5.74, 6) is 0.753. The van der Waals surface area contributed by atoms with Gasteiger partial charge in [0.15, 0.2) is 0 Å². The molecule has 3 rings (SSSR count). The second kappa shape index (κ2) is 5.83. The fourth-order valence-electron chi connectivity index (χ4n) is 2.96. The molecule has 1 saturated heterocycles. The summed E-state index contributed by atoms with van der Waals surface area (Å²) in [7, 11) is 0. The van der Waals surface area contributed by atoms with E-state index in [1.54, 1.807) is 0 Å². The topological polar surface area (TPSA) is 44.4 Å². The van der Waals surface area contributed by atoms with Crippen LogP contribution in [-0.4, -0.2) is 24.0 Å². The second-order valence-corrected chi connectivity index (χ2v) is 6.03. The maximum Gasteiger partial charge on any atom is 0.317 e. The van der Waals surface area contributed by atoms with Crippen LogP contribution in [-0.2, 0) is 19.6 Å². The molecule has 2 heterocycles. The third-order valence-corrected chi connectivity index (χ3v) is 4.42. The van der Waals surface area contributed by atoms with Crippen LogP contribution in [0.15, 0.2) is 18.2 Å². The first-order valence-corrected chi connectivity index (χ1v) is 7.56. The minimum Gasteiger partial charge on any atom is -0.334 e. The van der Waals surface area contributed by atoms with Crippen LogP contribution < -0.4 is 10.6 Å². The first-order valence-electron chi connectivity index (χ1n) is 7.56. The van der Waals surface area contributed by atoms with Crippen LogP contribution in [0.2, 0.25) is 0 Å². The molecule has 108 valence electrons. The van der Waals surface area contributed by atoms with E-state index in [1.165, 1.54) is 16.7 Å². The van der Waals surface area contributed by atoms with Crippen LogP contribution in [0, 0.1) is 5.92 Å². The van der Waals surface area contributed by atoms with E-state index in [0.717, 1.165) is 44.9 Å². The third-order valence-electron chi connectivity index (χ3n) is 4.42. The minimum atomic E-state index is 0.0792. The Kier molecular flexibility index (Phi) is 3.92. The summed E-state index contributed by atoms with van der Waals surface area (Å²) in [6, 6.07) is 6.56. The molecule has 0 aromatic heterocycles. The van der Waals surface area contributed by atoms with Gasteiger partial charge in [0, 0.05) is 32.7 Å². The summed E-state index contributed by atoms with van der Waals surface area (Å²) < 4.78 is 0. The summed E-state index contributed by atoms with van der Waals surface area (Å²) in [4.78, 5) is 14.1. The van der Waals surface area contributed by atoms with E-state index in [4.69, 9.17) is 0 Å². The van der Waals surface area contributed by atoms with Crippen molar-refractivity contribution in [3.05, 3.63) is 34.9 Å². The summed E-state index contributed by atoms with van der Waals surface area (Å²) in [6.07, 6.45) is 2.25. The number of carbonyl (C=O) groups excluding carboxylic acids is 1. The molecule has 0 aliphatic carbocycles. The Labute approximate surface area is 120 Å². The van der Waals surface area contributed by atoms with Crippen LogP contribution in [0.4, 0.5) is 4.79 Å². The van der Waals surface area contributed by atoms with Gasteiger partial charge in [-0.1, -0.05) is 25.1 Å². The lowest BCUT2D eigenvalue weighted by atomic mass is 10.00. The van der Waals surface area contributed by atoms with E-state index >= 15 is 0 Å². The Balaban J connectivity index is 1.53. The van der Waals surface area contributed by atoms with E-state index in [9.17, 15) is 4.79 Å². The molecule has 4 nitrogen and oxygen atoms in total. The van der Waals surface area contributed by atoms with Gasteiger partial charge in [-0.3, -0.25) is 0 Å². The molecule has 0 radical (unpaired) electrons. The zero-order chi connectivity index (χ0) is 13.9. The predicted octanol–water partition coefficient (Wildman–Crippen LogP) is 2.23. The maximum absolute atomic E-state index is 12.1. The molecular formula is C16H23N3O. The Morgan fingerprint density at radius 1 is 1.30 bits per heavy atom. The number of fused-ring (bicyclic) bond motifs is 1. The van der Waals surface area contributed by atoms with Gasteiger partial charge in [-0.05, 0) is 35.4 Å². The lowest BCUT2D eigenvalue weighted by Crippen LogP contribution is -2.43. The van der Waals surface area contributed by atoms with Crippen molar-refractivity contribution in [2.75, 3.05) is 13.1 Å². The largest absolute Gasteiger partial charge is 0.334 e. The van der Waals surface area contributed by atoms with Crippen molar-refractivity contribution in [3.63, 3.8) is 0 Å². The number of nitrogens with zero attached hydrogens (tertiary/aromatic N) is 1. The van der Waals surface area contributed by atoms with Crippen molar-refractivity contribution in [2.24, 2.45) is 5.92 Å². The normalized spacial score (nSPS) is 18.9. The number of piperidine rings is 1. The number of benzene rings is 1. The van der Waals surface area contributed by atoms with Crippen molar-refractivity contribution >= 4 is 6.03 Å². The molecule has 4 heteroatoms. The molecule has 1 aromatic carbocycles. The zero-order valence-electron chi connectivity index (χ0n) is 12.1. The predicted molar refractivity (Wildman–Crippen MR) is 79.2 cm³/mol. The fraction of sp³-hybridized carbons (Fsp3) is 0.562. The van der Waals surface area contributed by atoms with Crippen molar-refractivity contribution in [3.8, 4) is 0 Å². The summed E-state index contributed by atoms with van der Waals surface area (Å²) in [5.41, 5.74) is 3.93. The smallest absolute Gasteiger partial charge is 0.317 e. The average Bonchev–Trinajstić information content (AvgIpc) is 2.93. The number of nitrogens with one attached hydrogen (secondary N) is 2. The standard InChI is InChI=1S/C16H23N3O/c1-12-4-6-19(7-5-12)16(20)18-9-13-2-3-14-10-17-11-15(14)8-13/h2-3,8,12,17H,4-7,9-11H2,1H3,(H,18,20). The van der Waals surface area contributed by atoms with Crippen LogP contribution in [0.3, 0.4) is 0 Å². The molecule has 2 aliphatic rings. The van der Waals surface area contributed by atoms with Crippen LogP contribution in [0.1, 0.15) is 36.5 Å².